The number of sulfonamides is 1. The van der Waals surface area contributed by atoms with E-state index in [1.54, 1.807) is 46.8 Å². The van der Waals surface area contributed by atoms with Crippen molar-refractivity contribution in [2.45, 2.75) is 46.4 Å². The molecule has 0 atom stereocenters. The average molecular weight is 391 g/mol. The molecule has 0 aliphatic rings. The molecular weight excluding hydrogens is 366 g/mol. The van der Waals surface area contributed by atoms with E-state index in [-0.39, 0.29) is 11.5 Å². The van der Waals surface area contributed by atoms with Crippen molar-refractivity contribution < 1.29 is 17.9 Å². The fraction of sp³-hybridized carbons (Fsp3) is 0.368. The van der Waals surface area contributed by atoms with Gasteiger partial charge in [0.05, 0.1) is 28.5 Å². The lowest BCUT2D eigenvalue weighted by atomic mass is 10.1. The summed E-state index contributed by atoms with van der Waals surface area (Å²) in [5.74, 6) is -0.418. The molecule has 0 saturated heterocycles. The first-order valence-corrected chi connectivity index (χ1v) is 10.1. The Labute approximate surface area is 159 Å². The van der Waals surface area contributed by atoms with E-state index in [1.807, 2.05) is 13.0 Å². The molecule has 8 heteroatoms. The zero-order valence-electron chi connectivity index (χ0n) is 16.4. The Balaban J connectivity index is 2.34. The third kappa shape index (κ3) is 4.39. The molecule has 0 unspecified atom stereocenters. The van der Waals surface area contributed by atoms with Gasteiger partial charge < -0.3 is 9.72 Å². The van der Waals surface area contributed by atoms with E-state index in [1.165, 1.54) is 0 Å². The Bertz CT molecular complexity index is 1000. The van der Waals surface area contributed by atoms with Crippen LogP contribution in [0, 0.1) is 27.7 Å². The number of H-pyrrole nitrogens is 1. The van der Waals surface area contributed by atoms with Crippen LogP contribution in [0.5, 0.6) is 0 Å². The van der Waals surface area contributed by atoms with E-state index in [9.17, 15) is 13.2 Å². The molecule has 0 amide bonds. The summed E-state index contributed by atoms with van der Waals surface area (Å²) < 4.78 is 30.2. The predicted molar refractivity (Wildman–Crippen MR) is 105 cm³/mol. The van der Waals surface area contributed by atoms with Crippen LogP contribution in [-0.2, 0) is 14.8 Å². The maximum atomic E-state index is 12.6. The molecule has 1 aromatic carbocycles. The molecular formula is C19H25N3O4S. The van der Waals surface area contributed by atoms with Gasteiger partial charge in [-0.2, -0.15) is 18.4 Å². The molecule has 146 valence electrons. The first-order chi connectivity index (χ1) is 12.6. The second kappa shape index (κ2) is 7.96. The number of aryl methyl sites for hydroxylation is 3. The minimum absolute atomic E-state index is 0.186. The van der Waals surface area contributed by atoms with E-state index < -0.39 is 16.0 Å². The Morgan fingerprint density at radius 1 is 1.22 bits per heavy atom. The van der Waals surface area contributed by atoms with Gasteiger partial charge in [-0.1, -0.05) is 12.1 Å². The highest BCUT2D eigenvalue weighted by Gasteiger charge is 2.21. The van der Waals surface area contributed by atoms with Gasteiger partial charge in [-0.15, -0.1) is 0 Å². The lowest BCUT2D eigenvalue weighted by Gasteiger charge is -2.09. The topological polar surface area (TPSA) is 101 Å². The molecule has 1 heterocycles. The highest BCUT2D eigenvalue weighted by atomic mass is 32.2. The summed E-state index contributed by atoms with van der Waals surface area (Å²) in [6.07, 6.45) is 0. The van der Waals surface area contributed by atoms with Gasteiger partial charge in [0, 0.05) is 5.69 Å². The van der Waals surface area contributed by atoms with Gasteiger partial charge in [0.15, 0.2) is 0 Å². The van der Waals surface area contributed by atoms with Crippen LogP contribution in [0.3, 0.4) is 0 Å². The highest BCUT2D eigenvalue weighted by Crippen LogP contribution is 2.20. The number of hydrazone groups is 1. The van der Waals surface area contributed by atoms with Crippen molar-refractivity contribution in [3.05, 3.63) is 51.8 Å². The van der Waals surface area contributed by atoms with Crippen LogP contribution in [0.1, 0.15) is 52.3 Å². The number of esters is 1. The maximum absolute atomic E-state index is 12.6. The number of rotatable bonds is 6. The third-order valence-corrected chi connectivity index (χ3v) is 5.60. The van der Waals surface area contributed by atoms with Gasteiger partial charge in [0.25, 0.3) is 10.0 Å². The normalized spacial score (nSPS) is 12.1. The molecule has 0 bridgehead atoms. The minimum atomic E-state index is -3.80. The molecule has 27 heavy (non-hydrogen) atoms. The zero-order valence-corrected chi connectivity index (χ0v) is 17.2. The molecule has 0 saturated carbocycles. The second-order valence-corrected chi connectivity index (χ2v) is 8.04. The van der Waals surface area contributed by atoms with E-state index in [0.29, 0.717) is 33.8 Å². The summed E-state index contributed by atoms with van der Waals surface area (Å²) in [4.78, 5) is 17.6. The van der Waals surface area contributed by atoms with Crippen LogP contribution in [0.4, 0.5) is 0 Å². The molecule has 7 nitrogen and oxygen atoms in total. The van der Waals surface area contributed by atoms with Gasteiger partial charge in [0.2, 0.25) is 0 Å². The fourth-order valence-corrected chi connectivity index (χ4v) is 4.04. The van der Waals surface area contributed by atoms with Crippen molar-refractivity contribution in [3.8, 4) is 0 Å². The Morgan fingerprint density at radius 2 is 1.89 bits per heavy atom. The number of aromatic nitrogens is 1. The van der Waals surface area contributed by atoms with Crippen molar-refractivity contribution in [3.63, 3.8) is 0 Å². The van der Waals surface area contributed by atoms with Crippen molar-refractivity contribution >= 4 is 21.7 Å². The Morgan fingerprint density at radius 3 is 2.52 bits per heavy atom. The first kappa shape index (κ1) is 20.7. The Kier molecular flexibility index (Phi) is 6.10. The summed E-state index contributed by atoms with van der Waals surface area (Å²) in [6.45, 7) is 10.8. The van der Waals surface area contributed by atoms with Crippen molar-refractivity contribution in [2.75, 3.05) is 6.61 Å². The molecule has 2 N–H and O–H groups in total. The number of ether oxygens (including phenoxy) is 1. The quantitative estimate of drug-likeness (QED) is 0.449. The van der Waals surface area contributed by atoms with E-state index in [4.69, 9.17) is 4.74 Å². The minimum Gasteiger partial charge on any atom is -0.462 e. The molecule has 2 aromatic rings. The highest BCUT2D eigenvalue weighted by molar-refractivity contribution is 7.89. The lowest BCUT2D eigenvalue weighted by molar-refractivity contribution is 0.0525. The smallest absolute Gasteiger partial charge is 0.340 e. The standard InChI is InChI=1S/C19H25N3O4S/c1-7-26-19(23)17-13(4)18(20-14(17)5)15(6)21-22-27(24,25)16-10-11(2)8-9-12(16)3/h8-10,20,22H,7H2,1-6H3. The average Bonchev–Trinajstić information content (AvgIpc) is 2.89. The van der Waals surface area contributed by atoms with E-state index in [2.05, 4.69) is 14.9 Å². The van der Waals surface area contributed by atoms with Crippen LogP contribution in [-0.4, -0.2) is 31.7 Å². The van der Waals surface area contributed by atoms with E-state index in [0.717, 1.165) is 5.56 Å². The lowest BCUT2D eigenvalue weighted by Crippen LogP contribution is -2.21. The van der Waals surface area contributed by atoms with Crippen molar-refractivity contribution in [2.24, 2.45) is 5.10 Å². The SMILES string of the molecule is CCOC(=O)c1c(C)[nH]c(C(C)=NNS(=O)(=O)c2cc(C)ccc2C)c1C. The first-order valence-electron chi connectivity index (χ1n) is 8.58. The number of nitrogens with one attached hydrogen (secondary N) is 2. The molecule has 0 aliphatic heterocycles. The third-order valence-electron chi connectivity index (χ3n) is 4.25. The van der Waals surface area contributed by atoms with Crippen LogP contribution in [0.15, 0.2) is 28.2 Å². The van der Waals surface area contributed by atoms with Crippen LogP contribution in [0.25, 0.3) is 0 Å². The summed E-state index contributed by atoms with van der Waals surface area (Å²) in [5.41, 5.74) is 4.23. The largest absolute Gasteiger partial charge is 0.462 e. The van der Waals surface area contributed by atoms with Gasteiger partial charge in [0.1, 0.15) is 0 Å². The summed E-state index contributed by atoms with van der Waals surface area (Å²) in [7, 11) is -3.80. The van der Waals surface area contributed by atoms with Crippen LogP contribution in [0.2, 0.25) is 0 Å². The molecule has 0 fully saturated rings. The number of carbonyl (C=O) groups excluding carboxylic acids is 1. The zero-order chi connectivity index (χ0) is 20.4. The number of hydrogen-bond acceptors (Lipinski definition) is 5. The molecule has 0 aliphatic carbocycles. The molecule has 1 aromatic heterocycles. The molecule has 2 rings (SSSR count). The fourth-order valence-electron chi connectivity index (χ4n) is 2.85. The van der Waals surface area contributed by atoms with Crippen molar-refractivity contribution in [1.29, 1.82) is 0 Å². The number of hydrogen-bond donors (Lipinski definition) is 2. The monoisotopic (exact) mass is 391 g/mol. The predicted octanol–water partition coefficient (Wildman–Crippen LogP) is 3.13. The maximum Gasteiger partial charge on any atom is 0.340 e. The van der Waals surface area contributed by atoms with Gasteiger partial charge in [-0.3, -0.25) is 0 Å². The second-order valence-electron chi connectivity index (χ2n) is 6.41. The Hall–Kier alpha value is -2.61. The number of benzene rings is 1. The summed E-state index contributed by atoms with van der Waals surface area (Å²) >= 11 is 0. The van der Waals surface area contributed by atoms with Crippen LogP contribution < -0.4 is 4.83 Å². The van der Waals surface area contributed by atoms with Crippen LogP contribution >= 0.6 is 0 Å². The number of aromatic amines is 1. The van der Waals surface area contributed by atoms with Gasteiger partial charge in [-0.05, 0) is 64.3 Å². The number of nitrogens with zero attached hydrogens (tertiary/aromatic N) is 1. The molecule has 0 spiro atoms. The van der Waals surface area contributed by atoms with Gasteiger partial charge in [-0.25, -0.2) is 4.79 Å². The molecule has 0 radical (unpaired) electrons. The van der Waals surface area contributed by atoms with Crippen molar-refractivity contribution in [1.82, 2.24) is 9.82 Å². The summed E-state index contributed by atoms with van der Waals surface area (Å²) in [6, 6.07) is 5.21. The number of carbonyl (C=O) groups is 1. The van der Waals surface area contributed by atoms with E-state index >= 15 is 0 Å². The van der Waals surface area contributed by atoms with Gasteiger partial charge >= 0.3 is 5.97 Å². The summed E-state index contributed by atoms with van der Waals surface area (Å²) in [5, 5.41) is 4.03.